The predicted molar refractivity (Wildman–Crippen MR) is 78.2 cm³/mol. The molecule has 1 aliphatic carbocycles. The molecule has 0 radical (unpaired) electrons. The molecule has 1 fully saturated rings. The van der Waals surface area contributed by atoms with Crippen molar-refractivity contribution in [2.24, 2.45) is 23.2 Å². The van der Waals surface area contributed by atoms with E-state index in [-0.39, 0.29) is 0 Å². The Hall–Kier alpha value is 0. The van der Waals surface area contributed by atoms with Crippen molar-refractivity contribution >= 4 is 0 Å². The standard InChI is InChI=1S/C17H34/c1-6-9-16(13-15-11-14(4)12-15)17(5,8-3)10-7-2/h14-16H,6-13H2,1-5H3. The summed E-state index contributed by atoms with van der Waals surface area (Å²) in [6.45, 7) is 12.1. The molecule has 0 bridgehead atoms. The Kier molecular flexibility index (Phi) is 6.03. The fraction of sp³-hybridized carbons (Fsp3) is 1.00. The van der Waals surface area contributed by atoms with Gasteiger partial charge in [-0.2, -0.15) is 0 Å². The van der Waals surface area contributed by atoms with Crippen molar-refractivity contribution in [1.29, 1.82) is 0 Å². The number of rotatable bonds is 8. The fourth-order valence-corrected chi connectivity index (χ4v) is 4.00. The van der Waals surface area contributed by atoms with Crippen LogP contribution < -0.4 is 0 Å². The molecule has 0 aliphatic heterocycles. The number of hydrogen-bond acceptors (Lipinski definition) is 0. The normalized spacial score (nSPS) is 29.5. The SMILES string of the molecule is CCCC(CC1CC(C)C1)C(C)(CC)CCC. The van der Waals surface area contributed by atoms with Gasteiger partial charge in [-0.15, -0.1) is 0 Å². The minimum Gasteiger partial charge on any atom is -0.0654 e. The van der Waals surface area contributed by atoms with Crippen molar-refractivity contribution in [1.82, 2.24) is 0 Å². The molecule has 0 amide bonds. The maximum atomic E-state index is 2.55. The molecule has 1 saturated carbocycles. The first-order valence-electron chi connectivity index (χ1n) is 8.05. The zero-order chi connectivity index (χ0) is 12.9. The summed E-state index contributed by atoms with van der Waals surface area (Å²) in [6, 6.07) is 0. The molecule has 0 nitrogen and oxygen atoms in total. The third-order valence-corrected chi connectivity index (χ3v) is 5.34. The molecule has 0 heterocycles. The molecule has 2 atom stereocenters. The van der Waals surface area contributed by atoms with Crippen LogP contribution in [0.4, 0.5) is 0 Å². The van der Waals surface area contributed by atoms with Gasteiger partial charge in [0, 0.05) is 0 Å². The van der Waals surface area contributed by atoms with Crippen LogP contribution in [-0.2, 0) is 0 Å². The Bertz CT molecular complexity index is 202. The summed E-state index contributed by atoms with van der Waals surface area (Å²) < 4.78 is 0. The van der Waals surface area contributed by atoms with Gasteiger partial charge >= 0.3 is 0 Å². The van der Waals surface area contributed by atoms with Crippen LogP contribution in [-0.4, -0.2) is 0 Å². The van der Waals surface area contributed by atoms with E-state index in [2.05, 4.69) is 34.6 Å². The zero-order valence-corrected chi connectivity index (χ0v) is 12.9. The Morgan fingerprint density at radius 3 is 2.18 bits per heavy atom. The van der Waals surface area contributed by atoms with Gasteiger partial charge < -0.3 is 0 Å². The zero-order valence-electron chi connectivity index (χ0n) is 12.9. The summed E-state index contributed by atoms with van der Waals surface area (Å²) in [6.07, 6.45) is 11.5. The van der Waals surface area contributed by atoms with E-state index in [1.807, 2.05) is 0 Å². The van der Waals surface area contributed by atoms with E-state index < -0.39 is 0 Å². The lowest BCUT2D eigenvalue weighted by Crippen LogP contribution is -2.32. The Morgan fingerprint density at radius 1 is 1.12 bits per heavy atom. The molecule has 0 saturated heterocycles. The summed E-state index contributed by atoms with van der Waals surface area (Å²) in [5, 5.41) is 0. The van der Waals surface area contributed by atoms with Crippen LogP contribution in [0.5, 0.6) is 0 Å². The fourth-order valence-electron chi connectivity index (χ4n) is 4.00. The van der Waals surface area contributed by atoms with Crippen LogP contribution in [0.1, 0.15) is 86.0 Å². The van der Waals surface area contributed by atoms with Crippen molar-refractivity contribution in [3.05, 3.63) is 0 Å². The first kappa shape index (κ1) is 15.1. The van der Waals surface area contributed by atoms with Gasteiger partial charge in [-0.1, -0.05) is 60.3 Å². The van der Waals surface area contributed by atoms with Crippen LogP contribution in [0.15, 0.2) is 0 Å². The lowest BCUT2D eigenvalue weighted by atomic mass is 9.63. The summed E-state index contributed by atoms with van der Waals surface area (Å²) in [4.78, 5) is 0. The maximum absolute atomic E-state index is 2.55. The van der Waals surface area contributed by atoms with Gasteiger partial charge in [0.25, 0.3) is 0 Å². The van der Waals surface area contributed by atoms with Gasteiger partial charge in [-0.05, 0) is 48.9 Å². The van der Waals surface area contributed by atoms with E-state index >= 15 is 0 Å². The second-order valence-electron chi connectivity index (χ2n) is 6.92. The third-order valence-electron chi connectivity index (χ3n) is 5.34. The van der Waals surface area contributed by atoms with Gasteiger partial charge in [-0.25, -0.2) is 0 Å². The van der Waals surface area contributed by atoms with E-state index in [9.17, 15) is 0 Å². The predicted octanol–water partition coefficient (Wildman–Crippen LogP) is 6.06. The van der Waals surface area contributed by atoms with Crippen molar-refractivity contribution in [2.45, 2.75) is 86.0 Å². The van der Waals surface area contributed by atoms with Crippen molar-refractivity contribution in [2.75, 3.05) is 0 Å². The number of hydrogen-bond donors (Lipinski definition) is 0. The molecular weight excluding hydrogens is 204 g/mol. The molecule has 0 aromatic carbocycles. The largest absolute Gasteiger partial charge is 0.0654 e. The molecule has 2 unspecified atom stereocenters. The molecular formula is C17H34. The first-order chi connectivity index (χ1) is 8.05. The van der Waals surface area contributed by atoms with Gasteiger partial charge in [0.2, 0.25) is 0 Å². The summed E-state index contributed by atoms with van der Waals surface area (Å²) in [5.74, 6) is 3.06. The maximum Gasteiger partial charge on any atom is -0.0300 e. The van der Waals surface area contributed by atoms with Crippen LogP contribution in [0.25, 0.3) is 0 Å². The van der Waals surface area contributed by atoms with Crippen molar-refractivity contribution < 1.29 is 0 Å². The lowest BCUT2D eigenvalue weighted by Gasteiger charge is -2.43. The highest BCUT2D eigenvalue weighted by Crippen LogP contribution is 2.46. The molecule has 1 aliphatic rings. The van der Waals surface area contributed by atoms with E-state index in [1.54, 1.807) is 0 Å². The highest BCUT2D eigenvalue weighted by Gasteiger charge is 2.35. The Morgan fingerprint density at radius 2 is 1.76 bits per heavy atom. The van der Waals surface area contributed by atoms with E-state index in [0.717, 1.165) is 17.8 Å². The molecule has 1 rings (SSSR count). The Labute approximate surface area is 110 Å². The van der Waals surface area contributed by atoms with E-state index in [4.69, 9.17) is 0 Å². The highest BCUT2D eigenvalue weighted by molar-refractivity contribution is 4.86. The molecule has 0 spiro atoms. The van der Waals surface area contributed by atoms with Crippen LogP contribution in [0, 0.1) is 23.2 Å². The van der Waals surface area contributed by atoms with Gasteiger partial charge in [0.1, 0.15) is 0 Å². The second-order valence-corrected chi connectivity index (χ2v) is 6.92. The topological polar surface area (TPSA) is 0 Å². The summed E-state index contributed by atoms with van der Waals surface area (Å²) in [5.41, 5.74) is 0.615. The van der Waals surface area contributed by atoms with Crippen LogP contribution in [0.2, 0.25) is 0 Å². The minimum atomic E-state index is 0.615. The summed E-state index contributed by atoms with van der Waals surface area (Å²) in [7, 11) is 0. The highest BCUT2D eigenvalue weighted by atomic mass is 14.4. The smallest absolute Gasteiger partial charge is 0.0300 e. The minimum absolute atomic E-state index is 0.615. The van der Waals surface area contributed by atoms with Crippen molar-refractivity contribution in [3.8, 4) is 0 Å². The van der Waals surface area contributed by atoms with E-state index in [1.165, 1.54) is 51.4 Å². The monoisotopic (exact) mass is 238 g/mol. The molecule has 0 aromatic heterocycles. The quantitative estimate of drug-likeness (QED) is 0.482. The van der Waals surface area contributed by atoms with E-state index in [0.29, 0.717) is 5.41 Å². The van der Waals surface area contributed by atoms with Crippen LogP contribution >= 0.6 is 0 Å². The lowest BCUT2D eigenvalue weighted by molar-refractivity contribution is 0.0814. The van der Waals surface area contributed by atoms with Crippen molar-refractivity contribution in [3.63, 3.8) is 0 Å². The van der Waals surface area contributed by atoms with Gasteiger partial charge in [0.15, 0.2) is 0 Å². The molecule has 0 heteroatoms. The molecule has 17 heavy (non-hydrogen) atoms. The second kappa shape index (κ2) is 6.81. The third kappa shape index (κ3) is 4.00. The average Bonchev–Trinajstić information content (AvgIpc) is 2.26. The van der Waals surface area contributed by atoms with Gasteiger partial charge in [-0.3, -0.25) is 0 Å². The average molecular weight is 238 g/mol. The first-order valence-corrected chi connectivity index (χ1v) is 8.05. The molecule has 0 N–H and O–H groups in total. The van der Waals surface area contributed by atoms with Gasteiger partial charge in [0.05, 0.1) is 0 Å². The van der Waals surface area contributed by atoms with Crippen LogP contribution in [0.3, 0.4) is 0 Å². The molecule has 0 aromatic rings. The Balaban J connectivity index is 2.55. The molecule has 102 valence electrons. The summed E-state index contributed by atoms with van der Waals surface area (Å²) >= 11 is 0.